The van der Waals surface area contributed by atoms with E-state index in [2.05, 4.69) is 10.3 Å². The van der Waals surface area contributed by atoms with Crippen LogP contribution in [0, 0.1) is 11.6 Å². The van der Waals surface area contributed by atoms with Gasteiger partial charge in [0.25, 0.3) is 0 Å². The number of para-hydroxylation sites is 1. The number of anilines is 1. The number of amides is 2. The molecule has 1 aromatic heterocycles. The van der Waals surface area contributed by atoms with E-state index in [0.29, 0.717) is 0 Å². The van der Waals surface area contributed by atoms with Crippen molar-refractivity contribution in [2.75, 3.05) is 5.32 Å². The van der Waals surface area contributed by atoms with Crippen LogP contribution in [0.25, 0.3) is 0 Å². The highest BCUT2D eigenvalue weighted by atomic mass is 19.1. The van der Waals surface area contributed by atoms with Gasteiger partial charge in [-0.1, -0.05) is 6.07 Å². The fourth-order valence-electron chi connectivity index (χ4n) is 1.55. The summed E-state index contributed by atoms with van der Waals surface area (Å²) in [4.78, 5) is 26.9. The second-order valence-electron chi connectivity index (χ2n) is 4.09. The van der Waals surface area contributed by atoms with Crippen molar-refractivity contribution in [3.63, 3.8) is 0 Å². The first-order valence-corrected chi connectivity index (χ1v) is 6.00. The van der Waals surface area contributed by atoms with E-state index in [9.17, 15) is 18.4 Å². The molecule has 0 radical (unpaired) electrons. The van der Waals surface area contributed by atoms with Gasteiger partial charge in [-0.3, -0.25) is 14.6 Å². The lowest BCUT2D eigenvalue weighted by atomic mass is 10.2. The summed E-state index contributed by atoms with van der Waals surface area (Å²) < 4.78 is 26.7. The number of carbonyl (C=O) groups is 2. The third kappa shape index (κ3) is 3.82. The Labute approximate surface area is 119 Å². The van der Waals surface area contributed by atoms with Crippen LogP contribution in [0.15, 0.2) is 42.7 Å². The number of pyridine rings is 1. The van der Waals surface area contributed by atoms with E-state index in [4.69, 9.17) is 0 Å². The largest absolute Gasteiger partial charge is 0.344 e. The molecule has 2 N–H and O–H groups in total. The minimum Gasteiger partial charge on any atom is -0.344 e. The van der Waals surface area contributed by atoms with Crippen LogP contribution in [0.4, 0.5) is 14.5 Å². The zero-order chi connectivity index (χ0) is 15.2. The molecular formula is C14H11F2N3O2. The zero-order valence-corrected chi connectivity index (χ0v) is 10.8. The zero-order valence-electron chi connectivity index (χ0n) is 10.8. The molecule has 2 amide bonds. The SMILES string of the molecule is O=C(NCc1ccncc1)C(=O)Nc1c(F)cccc1F. The molecule has 0 bridgehead atoms. The van der Waals surface area contributed by atoms with Gasteiger partial charge in [0.05, 0.1) is 0 Å². The van der Waals surface area contributed by atoms with Crippen molar-refractivity contribution in [3.05, 3.63) is 59.9 Å². The van der Waals surface area contributed by atoms with Gasteiger partial charge in [-0.25, -0.2) is 8.78 Å². The van der Waals surface area contributed by atoms with Crippen molar-refractivity contribution in [3.8, 4) is 0 Å². The van der Waals surface area contributed by atoms with E-state index in [1.54, 1.807) is 12.1 Å². The van der Waals surface area contributed by atoms with Crippen LogP contribution < -0.4 is 10.6 Å². The summed E-state index contributed by atoms with van der Waals surface area (Å²) in [5.41, 5.74) is 0.0878. The van der Waals surface area contributed by atoms with Gasteiger partial charge in [-0.05, 0) is 29.8 Å². The van der Waals surface area contributed by atoms with Gasteiger partial charge in [0.1, 0.15) is 17.3 Å². The molecule has 0 saturated heterocycles. The summed E-state index contributed by atoms with van der Waals surface area (Å²) in [7, 11) is 0. The molecule has 0 saturated carbocycles. The summed E-state index contributed by atoms with van der Waals surface area (Å²) in [5, 5.41) is 4.24. The highest BCUT2D eigenvalue weighted by Crippen LogP contribution is 2.17. The lowest BCUT2D eigenvalue weighted by Crippen LogP contribution is -2.35. The van der Waals surface area contributed by atoms with Crippen LogP contribution >= 0.6 is 0 Å². The van der Waals surface area contributed by atoms with Crippen molar-refractivity contribution in [2.24, 2.45) is 0 Å². The summed E-state index contributed by atoms with van der Waals surface area (Å²) in [6.45, 7) is 0.106. The summed E-state index contributed by atoms with van der Waals surface area (Å²) in [6, 6.07) is 6.44. The number of aromatic nitrogens is 1. The number of nitrogens with zero attached hydrogens (tertiary/aromatic N) is 1. The van der Waals surface area contributed by atoms with Crippen LogP contribution in [0.2, 0.25) is 0 Å². The first-order chi connectivity index (χ1) is 10.1. The Morgan fingerprint density at radius 3 is 2.24 bits per heavy atom. The maximum Gasteiger partial charge on any atom is 0.313 e. The second kappa shape index (κ2) is 6.56. The Morgan fingerprint density at radius 2 is 1.62 bits per heavy atom. The highest BCUT2D eigenvalue weighted by Gasteiger charge is 2.17. The Hall–Kier alpha value is -2.83. The van der Waals surface area contributed by atoms with Gasteiger partial charge in [0.15, 0.2) is 0 Å². The molecule has 0 aliphatic heterocycles. The molecule has 0 unspecified atom stereocenters. The molecule has 0 aliphatic carbocycles. The average Bonchev–Trinajstić information content (AvgIpc) is 2.49. The van der Waals surface area contributed by atoms with Crippen molar-refractivity contribution in [2.45, 2.75) is 6.54 Å². The molecule has 5 nitrogen and oxygen atoms in total. The van der Waals surface area contributed by atoms with Crippen LogP contribution in [-0.2, 0) is 16.1 Å². The van der Waals surface area contributed by atoms with Gasteiger partial charge >= 0.3 is 11.8 Å². The maximum absolute atomic E-state index is 13.3. The van der Waals surface area contributed by atoms with Crippen molar-refractivity contribution >= 4 is 17.5 Å². The number of benzene rings is 1. The molecule has 0 atom stereocenters. The van der Waals surface area contributed by atoms with Gasteiger partial charge in [-0.15, -0.1) is 0 Å². The van der Waals surface area contributed by atoms with Gasteiger partial charge in [0, 0.05) is 18.9 Å². The number of hydrogen-bond acceptors (Lipinski definition) is 3. The highest BCUT2D eigenvalue weighted by molar-refractivity contribution is 6.39. The normalized spacial score (nSPS) is 10.0. The first kappa shape index (κ1) is 14.6. The Kier molecular flexibility index (Phi) is 4.55. The molecule has 108 valence electrons. The molecule has 1 aromatic carbocycles. The molecule has 0 spiro atoms. The fraction of sp³-hybridized carbons (Fsp3) is 0.0714. The molecule has 0 aliphatic rings. The molecule has 7 heteroatoms. The summed E-state index contributed by atoms with van der Waals surface area (Å²) in [5.74, 6) is -4.04. The first-order valence-electron chi connectivity index (χ1n) is 6.00. The molecule has 21 heavy (non-hydrogen) atoms. The van der Waals surface area contributed by atoms with E-state index in [-0.39, 0.29) is 6.54 Å². The minimum absolute atomic E-state index is 0.106. The quantitative estimate of drug-likeness (QED) is 0.844. The lowest BCUT2D eigenvalue weighted by molar-refractivity contribution is -0.136. The number of carbonyl (C=O) groups excluding carboxylic acids is 2. The van der Waals surface area contributed by atoms with E-state index in [0.717, 1.165) is 23.8 Å². The molecule has 0 fully saturated rings. The number of rotatable bonds is 3. The number of nitrogens with one attached hydrogen (secondary N) is 2. The molecule has 1 heterocycles. The van der Waals surface area contributed by atoms with Crippen LogP contribution in [0.1, 0.15) is 5.56 Å². The van der Waals surface area contributed by atoms with Crippen LogP contribution in [0.3, 0.4) is 0 Å². The summed E-state index contributed by atoms with van der Waals surface area (Å²) >= 11 is 0. The van der Waals surface area contributed by atoms with Crippen molar-refractivity contribution < 1.29 is 18.4 Å². The fourth-order valence-corrected chi connectivity index (χ4v) is 1.55. The van der Waals surface area contributed by atoms with Crippen molar-refractivity contribution in [1.82, 2.24) is 10.3 Å². The Balaban J connectivity index is 1.96. The molecular weight excluding hydrogens is 280 g/mol. The van der Waals surface area contributed by atoms with Gasteiger partial charge in [-0.2, -0.15) is 0 Å². The Bertz CT molecular complexity index is 642. The smallest absolute Gasteiger partial charge is 0.313 e. The lowest BCUT2D eigenvalue weighted by Gasteiger charge is -2.08. The standard InChI is InChI=1S/C14H11F2N3O2/c15-10-2-1-3-11(16)12(10)19-14(21)13(20)18-8-9-4-6-17-7-5-9/h1-7H,8H2,(H,18,20)(H,19,21). The third-order valence-corrected chi connectivity index (χ3v) is 2.61. The predicted molar refractivity (Wildman–Crippen MR) is 71.1 cm³/mol. The predicted octanol–water partition coefficient (Wildman–Crippen LogP) is 1.61. The third-order valence-electron chi connectivity index (χ3n) is 2.61. The van der Waals surface area contributed by atoms with Crippen molar-refractivity contribution in [1.29, 1.82) is 0 Å². The van der Waals surface area contributed by atoms with E-state index >= 15 is 0 Å². The van der Waals surface area contributed by atoms with Gasteiger partial charge < -0.3 is 10.6 Å². The number of hydrogen-bond donors (Lipinski definition) is 2. The van der Waals surface area contributed by atoms with Gasteiger partial charge in [0.2, 0.25) is 0 Å². The summed E-state index contributed by atoms with van der Waals surface area (Å²) in [6.07, 6.45) is 3.08. The van der Waals surface area contributed by atoms with Crippen LogP contribution in [-0.4, -0.2) is 16.8 Å². The number of halogens is 2. The monoisotopic (exact) mass is 291 g/mol. The second-order valence-corrected chi connectivity index (χ2v) is 4.09. The van der Waals surface area contributed by atoms with E-state index in [1.165, 1.54) is 12.4 Å². The topological polar surface area (TPSA) is 71.1 Å². The maximum atomic E-state index is 13.3. The average molecular weight is 291 g/mol. The molecule has 2 aromatic rings. The Morgan fingerprint density at radius 1 is 1.00 bits per heavy atom. The van der Waals surface area contributed by atoms with E-state index in [1.807, 2.05) is 5.32 Å². The van der Waals surface area contributed by atoms with E-state index < -0.39 is 29.1 Å². The minimum atomic E-state index is -1.15. The van der Waals surface area contributed by atoms with Crippen LogP contribution in [0.5, 0.6) is 0 Å². The molecule has 2 rings (SSSR count).